The molecule has 2 rings (SSSR count). The Labute approximate surface area is 96.6 Å². The zero-order chi connectivity index (χ0) is 11.1. The molecule has 1 aromatic rings. The summed E-state index contributed by atoms with van der Waals surface area (Å²) < 4.78 is 5.56. The number of thiophene rings is 1. The first kappa shape index (κ1) is 10.9. The van der Waals surface area contributed by atoms with E-state index in [9.17, 15) is 4.79 Å². The van der Waals surface area contributed by atoms with Gasteiger partial charge in [-0.3, -0.25) is 0 Å². The fourth-order valence-corrected chi connectivity index (χ4v) is 2.96. The number of hydrogen-bond acceptors (Lipinski definition) is 3. The van der Waals surface area contributed by atoms with Crippen molar-refractivity contribution < 1.29 is 14.6 Å². The second-order valence-electron chi connectivity index (χ2n) is 3.81. The molecule has 0 spiro atoms. The molecule has 82 valence electrons. The summed E-state index contributed by atoms with van der Waals surface area (Å²) in [6, 6.07) is 1.81. The van der Waals surface area contributed by atoms with Gasteiger partial charge in [0.15, 0.2) is 5.60 Å². The number of carboxylic acids is 1. The first-order chi connectivity index (χ1) is 7.03. The summed E-state index contributed by atoms with van der Waals surface area (Å²) in [6.07, 6.45) is 1.07. The van der Waals surface area contributed by atoms with Gasteiger partial charge in [-0.05, 0) is 31.2 Å². The number of carboxylic acid groups (broad SMARTS) is 1. The number of rotatable bonds is 2. The first-order valence-corrected chi connectivity index (χ1v) is 5.93. The van der Waals surface area contributed by atoms with Gasteiger partial charge in [-0.15, -0.1) is 11.3 Å². The predicted octanol–water partition coefficient (Wildman–Crippen LogP) is 3.10. The van der Waals surface area contributed by atoms with Crippen molar-refractivity contribution >= 4 is 28.9 Å². The molecule has 0 saturated carbocycles. The number of ether oxygens (including phenoxy) is 1. The van der Waals surface area contributed by atoms with Gasteiger partial charge in [0.1, 0.15) is 0 Å². The maximum atomic E-state index is 11.0. The average molecular weight is 247 g/mol. The lowest BCUT2D eigenvalue weighted by atomic mass is 10.0. The lowest BCUT2D eigenvalue weighted by Crippen LogP contribution is -2.34. The molecule has 2 heterocycles. The van der Waals surface area contributed by atoms with Crippen molar-refractivity contribution in [2.75, 3.05) is 0 Å². The third kappa shape index (κ3) is 1.89. The van der Waals surface area contributed by atoms with Crippen molar-refractivity contribution in [1.29, 1.82) is 0 Å². The third-order valence-corrected chi connectivity index (χ3v) is 4.13. The van der Waals surface area contributed by atoms with E-state index in [4.69, 9.17) is 21.4 Å². The van der Waals surface area contributed by atoms with Gasteiger partial charge in [0, 0.05) is 0 Å². The zero-order valence-electron chi connectivity index (χ0n) is 8.20. The standard InChI is InChI=1S/C10H11ClO3S/c1-10(9(12)13)4-2-7(14-10)8-6(11)3-5-15-8/h3,5,7H,2,4H2,1H3,(H,12,13). The SMILES string of the molecule is CC1(C(=O)O)CCC(c2sccc2Cl)O1. The van der Waals surface area contributed by atoms with Crippen LogP contribution < -0.4 is 0 Å². The van der Waals surface area contributed by atoms with Gasteiger partial charge in [-0.25, -0.2) is 4.79 Å². The van der Waals surface area contributed by atoms with Crippen molar-refractivity contribution in [2.24, 2.45) is 0 Å². The second kappa shape index (κ2) is 3.77. The van der Waals surface area contributed by atoms with E-state index in [0.29, 0.717) is 17.9 Å². The van der Waals surface area contributed by atoms with Gasteiger partial charge in [0.05, 0.1) is 16.0 Å². The summed E-state index contributed by atoms with van der Waals surface area (Å²) in [5, 5.41) is 11.6. The first-order valence-electron chi connectivity index (χ1n) is 4.67. The fraction of sp³-hybridized carbons (Fsp3) is 0.500. The summed E-state index contributed by atoms with van der Waals surface area (Å²) in [5.41, 5.74) is -1.06. The van der Waals surface area contributed by atoms with E-state index in [-0.39, 0.29) is 6.10 Å². The molecular weight excluding hydrogens is 236 g/mol. The predicted molar refractivity (Wildman–Crippen MR) is 58.4 cm³/mol. The van der Waals surface area contributed by atoms with Gasteiger partial charge in [-0.1, -0.05) is 11.6 Å². The number of carbonyl (C=O) groups is 1. The Kier molecular flexibility index (Phi) is 2.75. The zero-order valence-corrected chi connectivity index (χ0v) is 9.77. The highest BCUT2D eigenvalue weighted by atomic mass is 35.5. The summed E-state index contributed by atoms with van der Waals surface area (Å²) in [5.74, 6) is -0.905. The van der Waals surface area contributed by atoms with Crippen molar-refractivity contribution in [3.8, 4) is 0 Å². The lowest BCUT2D eigenvalue weighted by molar-refractivity contribution is -0.161. The smallest absolute Gasteiger partial charge is 0.335 e. The molecule has 0 amide bonds. The van der Waals surface area contributed by atoms with Crippen molar-refractivity contribution in [3.63, 3.8) is 0 Å². The Balaban J connectivity index is 2.18. The van der Waals surface area contributed by atoms with Crippen LogP contribution in [0.25, 0.3) is 0 Å². The Morgan fingerprint density at radius 1 is 1.80 bits per heavy atom. The summed E-state index contributed by atoms with van der Waals surface area (Å²) in [7, 11) is 0. The van der Waals surface area contributed by atoms with Gasteiger partial charge >= 0.3 is 5.97 Å². The highest BCUT2D eigenvalue weighted by molar-refractivity contribution is 7.10. The van der Waals surface area contributed by atoms with Crippen LogP contribution in [0, 0.1) is 0 Å². The summed E-state index contributed by atoms with van der Waals surface area (Å²) >= 11 is 7.48. The molecular formula is C10H11ClO3S. The number of aliphatic carboxylic acids is 1. The molecule has 2 atom stereocenters. The molecule has 3 nitrogen and oxygen atoms in total. The van der Waals surface area contributed by atoms with Crippen molar-refractivity contribution in [1.82, 2.24) is 0 Å². The molecule has 1 aliphatic rings. The van der Waals surface area contributed by atoms with Crippen molar-refractivity contribution in [3.05, 3.63) is 21.3 Å². The van der Waals surface area contributed by atoms with Crippen LogP contribution in [-0.4, -0.2) is 16.7 Å². The van der Waals surface area contributed by atoms with E-state index >= 15 is 0 Å². The molecule has 0 aliphatic carbocycles. The van der Waals surface area contributed by atoms with Crippen LogP contribution in [0.1, 0.15) is 30.7 Å². The molecule has 1 saturated heterocycles. The van der Waals surface area contributed by atoms with E-state index in [1.807, 2.05) is 5.38 Å². The average Bonchev–Trinajstić information content (AvgIpc) is 2.73. The van der Waals surface area contributed by atoms with Gasteiger partial charge < -0.3 is 9.84 Å². The maximum Gasteiger partial charge on any atom is 0.335 e. The van der Waals surface area contributed by atoms with Gasteiger partial charge in [-0.2, -0.15) is 0 Å². The van der Waals surface area contributed by atoms with Crippen LogP contribution in [-0.2, 0) is 9.53 Å². The van der Waals surface area contributed by atoms with Crippen LogP contribution in [0.5, 0.6) is 0 Å². The van der Waals surface area contributed by atoms with Crippen LogP contribution >= 0.6 is 22.9 Å². The topological polar surface area (TPSA) is 46.5 Å². The molecule has 1 N–H and O–H groups in total. The molecule has 0 bridgehead atoms. The monoisotopic (exact) mass is 246 g/mol. The molecule has 1 fully saturated rings. The molecule has 0 radical (unpaired) electrons. The Bertz CT molecular complexity index is 390. The third-order valence-electron chi connectivity index (χ3n) is 2.68. The van der Waals surface area contributed by atoms with E-state index in [0.717, 1.165) is 4.88 Å². The Morgan fingerprint density at radius 2 is 2.53 bits per heavy atom. The minimum Gasteiger partial charge on any atom is -0.479 e. The maximum absolute atomic E-state index is 11.0. The molecule has 5 heteroatoms. The Hall–Kier alpha value is -0.580. The molecule has 2 unspecified atom stereocenters. The van der Waals surface area contributed by atoms with E-state index in [1.165, 1.54) is 11.3 Å². The minimum absolute atomic E-state index is 0.168. The largest absolute Gasteiger partial charge is 0.479 e. The van der Waals surface area contributed by atoms with Crippen LogP contribution in [0.4, 0.5) is 0 Å². The molecule has 0 aromatic carbocycles. The Morgan fingerprint density at radius 3 is 3.00 bits per heavy atom. The van der Waals surface area contributed by atoms with Crippen LogP contribution in [0.2, 0.25) is 5.02 Å². The quantitative estimate of drug-likeness (QED) is 0.872. The van der Waals surface area contributed by atoms with Crippen LogP contribution in [0.3, 0.4) is 0 Å². The van der Waals surface area contributed by atoms with E-state index < -0.39 is 11.6 Å². The summed E-state index contributed by atoms with van der Waals surface area (Å²) in [4.78, 5) is 11.9. The highest BCUT2D eigenvalue weighted by Crippen LogP contribution is 2.43. The van der Waals surface area contributed by atoms with Gasteiger partial charge in [0.25, 0.3) is 0 Å². The minimum atomic E-state index is -1.06. The molecule has 1 aliphatic heterocycles. The number of halogens is 1. The molecule has 15 heavy (non-hydrogen) atoms. The number of hydrogen-bond donors (Lipinski definition) is 1. The fourth-order valence-electron chi connectivity index (χ4n) is 1.72. The van der Waals surface area contributed by atoms with Crippen molar-refractivity contribution in [2.45, 2.75) is 31.5 Å². The second-order valence-corrected chi connectivity index (χ2v) is 5.17. The van der Waals surface area contributed by atoms with E-state index in [2.05, 4.69) is 0 Å². The van der Waals surface area contributed by atoms with Crippen LogP contribution in [0.15, 0.2) is 11.4 Å². The lowest BCUT2D eigenvalue weighted by Gasteiger charge is -2.19. The summed E-state index contributed by atoms with van der Waals surface area (Å²) in [6.45, 7) is 1.61. The van der Waals surface area contributed by atoms with E-state index in [1.54, 1.807) is 13.0 Å². The normalized spacial score (nSPS) is 30.7. The molecule has 1 aromatic heterocycles. The highest BCUT2D eigenvalue weighted by Gasteiger charge is 2.43. The van der Waals surface area contributed by atoms with Gasteiger partial charge in [0.2, 0.25) is 0 Å².